The number of methoxy groups -OCH3 is 1. The molecular formula is C35H38FN7O7S. The molecule has 1 aromatic heterocycles. The van der Waals surface area contributed by atoms with E-state index < -0.39 is 38.2 Å². The van der Waals surface area contributed by atoms with Gasteiger partial charge in [-0.15, -0.1) is 0 Å². The zero-order valence-electron chi connectivity index (χ0n) is 28.3. The molecule has 16 heteroatoms. The van der Waals surface area contributed by atoms with Crippen molar-refractivity contribution >= 4 is 27.6 Å². The molecule has 0 aliphatic carbocycles. The summed E-state index contributed by atoms with van der Waals surface area (Å²) in [4.78, 5) is 39.0. The summed E-state index contributed by atoms with van der Waals surface area (Å²) in [6, 6.07) is 11.6. The van der Waals surface area contributed by atoms with Crippen LogP contribution in [-0.2, 0) is 25.1 Å². The molecule has 14 nitrogen and oxygen atoms in total. The molecule has 4 aliphatic rings. The van der Waals surface area contributed by atoms with Gasteiger partial charge in [0.25, 0.3) is 15.9 Å². The number of benzene rings is 2. The van der Waals surface area contributed by atoms with E-state index in [-0.39, 0.29) is 46.0 Å². The zero-order chi connectivity index (χ0) is 36.0. The average Bonchev–Trinajstić information content (AvgIpc) is 3.34. The van der Waals surface area contributed by atoms with E-state index in [1.165, 1.54) is 49.7 Å². The van der Waals surface area contributed by atoms with E-state index in [1.807, 2.05) is 6.07 Å². The highest BCUT2D eigenvalue weighted by molar-refractivity contribution is 7.93. The summed E-state index contributed by atoms with van der Waals surface area (Å²) < 4.78 is 60.7. The third-order valence-corrected chi connectivity index (χ3v) is 11.7. The van der Waals surface area contributed by atoms with Crippen molar-refractivity contribution < 1.29 is 36.6 Å². The van der Waals surface area contributed by atoms with Gasteiger partial charge in [-0.3, -0.25) is 9.69 Å². The normalized spacial score (nSPS) is 21.4. The number of rotatable bonds is 10. The number of ether oxygens (including phenoxy) is 3. The number of hydrogen-bond donors (Lipinski definition) is 1. The molecule has 7 rings (SSSR count). The van der Waals surface area contributed by atoms with E-state index in [2.05, 4.69) is 20.1 Å². The van der Waals surface area contributed by atoms with Crippen LogP contribution >= 0.6 is 0 Å². The third kappa shape index (κ3) is 5.93. The minimum atomic E-state index is -4.93. The third-order valence-electron chi connectivity index (χ3n) is 9.96. The largest absolute Gasteiger partial charge is 0.497 e. The van der Waals surface area contributed by atoms with Crippen molar-refractivity contribution in [2.45, 2.75) is 17.4 Å². The summed E-state index contributed by atoms with van der Waals surface area (Å²) >= 11 is 0. The van der Waals surface area contributed by atoms with Gasteiger partial charge in [-0.1, -0.05) is 0 Å². The van der Waals surface area contributed by atoms with E-state index in [9.17, 15) is 23.3 Å². The highest BCUT2D eigenvalue weighted by Gasteiger charge is 2.61. The number of aromatic nitrogens is 1. The van der Waals surface area contributed by atoms with Crippen molar-refractivity contribution in [2.75, 3.05) is 83.6 Å². The Morgan fingerprint density at radius 1 is 1.06 bits per heavy atom. The number of fused-ring (bicyclic) bond motifs is 1. The molecule has 4 aliphatic heterocycles. The number of nitriles is 1. The topological polar surface area (TPSA) is 158 Å². The van der Waals surface area contributed by atoms with Crippen LogP contribution in [0.4, 0.5) is 14.9 Å². The Hall–Kier alpha value is -4.82. The number of halogens is 1. The quantitative estimate of drug-likeness (QED) is 0.328. The Bertz CT molecular complexity index is 2010. The molecule has 5 heterocycles. The van der Waals surface area contributed by atoms with E-state index in [0.29, 0.717) is 17.4 Å². The van der Waals surface area contributed by atoms with Crippen LogP contribution in [0.3, 0.4) is 0 Å². The fraction of sp³-hybridized carbons (Fsp3) is 0.429. The summed E-state index contributed by atoms with van der Waals surface area (Å²) in [7, 11) is -3.62. The maximum atomic E-state index is 15.4. The number of nitrogens with one attached hydrogen (secondary N) is 1. The summed E-state index contributed by atoms with van der Waals surface area (Å²) in [6.07, 6.45) is 1.44. The van der Waals surface area contributed by atoms with E-state index in [4.69, 9.17) is 14.2 Å². The number of carbonyl (C=O) groups excluding carboxylic acids is 2. The SMILES string of the molecule is CCOc1ncccc1C1(NC(=O)N2CC3(CN(CCN4CCOCC4)C3)C2)C(=O)N(S(=O)(=O)c2ccc(OC)cc2F)c2ccc(C#N)cc21. The number of likely N-dealkylation sites (tertiary alicyclic amines) is 2. The predicted octanol–water partition coefficient (Wildman–Crippen LogP) is 2.14. The van der Waals surface area contributed by atoms with Gasteiger partial charge < -0.3 is 29.3 Å². The molecular weight excluding hydrogens is 681 g/mol. The second-order valence-electron chi connectivity index (χ2n) is 13.2. The minimum Gasteiger partial charge on any atom is -0.497 e. The first-order valence-electron chi connectivity index (χ1n) is 16.7. The Balaban J connectivity index is 1.22. The van der Waals surface area contributed by atoms with Crippen LogP contribution in [0.15, 0.2) is 59.6 Å². The lowest BCUT2D eigenvalue weighted by Crippen LogP contribution is -2.74. The monoisotopic (exact) mass is 719 g/mol. The van der Waals surface area contributed by atoms with E-state index in [1.54, 1.807) is 11.8 Å². The first kappa shape index (κ1) is 34.6. The molecule has 1 N–H and O–H groups in total. The summed E-state index contributed by atoms with van der Waals surface area (Å²) in [5, 5.41) is 12.7. The van der Waals surface area contributed by atoms with E-state index >= 15 is 4.39 Å². The van der Waals surface area contributed by atoms with Gasteiger partial charge in [0, 0.05) is 75.6 Å². The molecule has 2 aromatic carbocycles. The Morgan fingerprint density at radius 3 is 2.49 bits per heavy atom. The van der Waals surface area contributed by atoms with Crippen LogP contribution in [0.25, 0.3) is 0 Å². The molecule has 3 fully saturated rings. The Labute approximate surface area is 295 Å². The summed E-state index contributed by atoms with van der Waals surface area (Å²) in [5.74, 6) is -2.19. The van der Waals surface area contributed by atoms with Crippen LogP contribution in [0, 0.1) is 22.6 Å². The lowest BCUT2D eigenvalue weighted by Gasteiger charge is -2.60. The molecule has 0 bridgehead atoms. The number of sulfonamides is 1. The van der Waals surface area contributed by atoms with Gasteiger partial charge in [0.15, 0.2) is 5.54 Å². The van der Waals surface area contributed by atoms with Crippen LogP contribution in [0.5, 0.6) is 11.6 Å². The highest BCUT2D eigenvalue weighted by atomic mass is 32.2. The Morgan fingerprint density at radius 2 is 1.80 bits per heavy atom. The van der Waals surface area contributed by atoms with Crippen molar-refractivity contribution in [1.29, 1.82) is 5.26 Å². The maximum Gasteiger partial charge on any atom is 0.318 e. The summed E-state index contributed by atoms with van der Waals surface area (Å²) in [5.41, 5.74) is -2.29. The minimum absolute atomic E-state index is 0.000448. The molecule has 3 aromatic rings. The molecule has 0 saturated carbocycles. The Kier molecular flexibility index (Phi) is 9.08. The van der Waals surface area contributed by atoms with E-state index in [0.717, 1.165) is 64.6 Å². The molecule has 268 valence electrons. The van der Waals surface area contributed by atoms with Crippen molar-refractivity contribution in [3.63, 3.8) is 0 Å². The fourth-order valence-corrected chi connectivity index (χ4v) is 9.02. The molecule has 3 amide bonds. The predicted molar refractivity (Wildman–Crippen MR) is 181 cm³/mol. The fourth-order valence-electron chi connectivity index (χ4n) is 7.51. The number of nitrogens with zero attached hydrogens (tertiary/aromatic N) is 6. The van der Waals surface area contributed by atoms with Crippen molar-refractivity contribution in [2.24, 2.45) is 5.41 Å². The average molecular weight is 720 g/mol. The summed E-state index contributed by atoms with van der Waals surface area (Å²) in [6.45, 7) is 9.59. The highest BCUT2D eigenvalue weighted by Crippen LogP contribution is 2.50. The molecule has 1 unspecified atom stereocenters. The lowest BCUT2D eigenvalue weighted by molar-refractivity contribution is -0.122. The number of hydrogen-bond acceptors (Lipinski definition) is 11. The van der Waals surface area contributed by atoms with Gasteiger partial charge in [-0.05, 0) is 49.4 Å². The molecule has 1 spiro atoms. The smallest absolute Gasteiger partial charge is 0.318 e. The van der Waals surface area contributed by atoms with Crippen molar-refractivity contribution in [1.82, 2.24) is 25.0 Å². The standard InChI is InChI=1S/C35H38FN7O7S/c1-3-50-31-26(5-4-10-38-31)35(39-33(45)42-22-34(23-42)20-41(21-34)12-11-40-13-15-49-16-14-40)27-17-24(19-37)6-8-29(27)43(32(35)44)51(46,47)30-9-7-25(48-2)18-28(30)36/h4-10,17-18H,3,11-16,20-23H2,1-2H3,(H,39,45). The zero-order valence-corrected chi connectivity index (χ0v) is 29.1. The molecule has 0 radical (unpaired) electrons. The first-order valence-corrected chi connectivity index (χ1v) is 18.1. The van der Waals surface area contributed by atoms with Crippen LogP contribution in [-0.4, -0.2) is 119 Å². The number of pyridine rings is 1. The molecule has 51 heavy (non-hydrogen) atoms. The van der Waals surface area contributed by atoms with Crippen LogP contribution in [0.1, 0.15) is 23.6 Å². The van der Waals surface area contributed by atoms with Crippen LogP contribution < -0.4 is 19.1 Å². The first-order chi connectivity index (χ1) is 24.5. The van der Waals surface area contributed by atoms with Gasteiger partial charge >= 0.3 is 6.03 Å². The second-order valence-corrected chi connectivity index (χ2v) is 15.0. The second kappa shape index (κ2) is 13.4. The number of morpholine rings is 1. The number of amides is 3. The van der Waals surface area contributed by atoms with Gasteiger partial charge in [-0.25, -0.2) is 22.6 Å². The van der Waals surface area contributed by atoms with Crippen molar-refractivity contribution in [3.8, 4) is 17.7 Å². The van der Waals surface area contributed by atoms with Gasteiger partial charge in [0.2, 0.25) is 5.88 Å². The molecule has 3 saturated heterocycles. The number of carbonyl (C=O) groups is 2. The maximum absolute atomic E-state index is 15.4. The molecule has 1 atom stereocenters. The van der Waals surface area contributed by atoms with Crippen LogP contribution in [0.2, 0.25) is 0 Å². The van der Waals surface area contributed by atoms with Crippen molar-refractivity contribution in [3.05, 3.63) is 77.2 Å². The van der Waals surface area contributed by atoms with Gasteiger partial charge in [0.1, 0.15) is 16.5 Å². The number of urea groups is 1. The lowest BCUT2D eigenvalue weighted by atomic mass is 9.73. The van der Waals surface area contributed by atoms with Gasteiger partial charge in [-0.2, -0.15) is 9.57 Å². The van der Waals surface area contributed by atoms with Gasteiger partial charge in [0.05, 0.1) is 49.8 Å². The number of anilines is 1.